The molecule has 98 valence electrons. The van der Waals surface area contributed by atoms with Gasteiger partial charge in [0.15, 0.2) is 0 Å². The number of carbonyl (C=O) groups excluding carboxylic acids is 1. The molecule has 1 N–H and O–H groups in total. The summed E-state index contributed by atoms with van der Waals surface area (Å²) in [6.45, 7) is 2.00. The maximum atomic E-state index is 12.1. The van der Waals surface area contributed by atoms with Crippen LogP contribution in [0.4, 0.5) is 5.82 Å². The van der Waals surface area contributed by atoms with Crippen molar-refractivity contribution >= 4 is 11.7 Å². The van der Waals surface area contributed by atoms with Gasteiger partial charge in [-0.05, 0) is 31.9 Å². The Morgan fingerprint density at radius 3 is 2.63 bits per heavy atom. The molecule has 1 saturated carbocycles. The van der Waals surface area contributed by atoms with Crippen molar-refractivity contribution in [1.82, 2.24) is 9.78 Å². The van der Waals surface area contributed by atoms with E-state index in [0.29, 0.717) is 11.5 Å². The number of aromatic nitrogens is 2. The molecule has 4 nitrogen and oxygen atoms in total. The van der Waals surface area contributed by atoms with Crippen molar-refractivity contribution in [3.05, 3.63) is 47.2 Å². The quantitative estimate of drug-likeness (QED) is 0.916. The molecule has 0 atom stereocenters. The van der Waals surface area contributed by atoms with Crippen LogP contribution in [0.2, 0.25) is 0 Å². The summed E-state index contributed by atoms with van der Waals surface area (Å²) < 4.78 is 1.74. The summed E-state index contributed by atoms with van der Waals surface area (Å²) in [7, 11) is 1.86. The average Bonchev–Trinajstić information content (AvgIpc) is 3.17. The zero-order valence-electron chi connectivity index (χ0n) is 11.2. The molecule has 1 fully saturated rings. The van der Waals surface area contributed by atoms with E-state index in [9.17, 15) is 4.79 Å². The van der Waals surface area contributed by atoms with E-state index in [2.05, 4.69) is 10.4 Å². The van der Waals surface area contributed by atoms with Crippen molar-refractivity contribution in [1.29, 1.82) is 0 Å². The highest BCUT2D eigenvalue weighted by Gasteiger charge is 2.27. The number of carbonyl (C=O) groups is 1. The van der Waals surface area contributed by atoms with Gasteiger partial charge in [-0.15, -0.1) is 0 Å². The molecule has 0 bridgehead atoms. The van der Waals surface area contributed by atoms with Gasteiger partial charge in [-0.1, -0.05) is 17.7 Å². The average molecular weight is 255 g/mol. The largest absolute Gasteiger partial charge is 0.307 e. The molecule has 1 aromatic heterocycles. The molecule has 0 saturated heterocycles. The first kappa shape index (κ1) is 12.0. The lowest BCUT2D eigenvalue weighted by Crippen LogP contribution is -2.14. The van der Waals surface area contributed by atoms with Gasteiger partial charge < -0.3 is 5.32 Å². The monoisotopic (exact) mass is 255 g/mol. The number of nitrogens with one attached hydrogen (secondary N) is 1. The van der Waals surface area contributed by atoms with E-state index in [-0.39, 0.29) is 5.91 Å². The smallest absolute Gasteiger partial charge is 0.256 e. The van der Waals surface area contributed by atoms with E-state index >= 15 is 0 Å². The summed E-state index contributed by atoms with van der Waals surface area (Å²) in [5.74, 6) is 1.26. The van der Waals surface area contributed by atoms with E-state index in [1.165, 1.54) is 12.8 Å². The molecule has 1 aromatic carbocycles. The third kappa shape index (κ3) is 2.52. The maximum absolute atomic E-state index is 12.1. The molecule has 0 spiro atoms. The summed E-state index contributed by atoms with van der Waals surface area (Å²) in [5.41, 5.74) is 2.90. The van der Waals surface area contributed by atoms with Gasteiger partial charge >= 0.3 is 0 Å². The molecular formula is C15H17N3O. The zero-order valence-corrected chi connectivity index (χ0v) is 11.2. The summed E-state index contributed by atoms with van der Waals surface area (Å²) in [6.07, 6.45) is 2.42. The minimum Gasteiger partial charge on any atom is -0.307 e. The SMILES string of the molecule is Cc1ccc(C(=O)Nc2cc(C3CC3)nn2C)cc1. The third-order valence-electron chi connectivity index (χ3n) is 3.45. The molecule has 0 radical (unpaired) electrons. The van der Waals surface area contributed by atoms with Crippen molar-refractivity contribution in [2.75, 3.05) is 5.32 Å². The molecule has 2 aromatic rings. The third-order valence-corrected chi connectivity index (χ3v) is 3.45. The Kier molecular flexibility index (Phi) is 2.85. The van der Waals surface area contributed by atoms with Crippen molar-refractivity contribution in [3.63, 3.8) is 0 Å². The fourth-order valence-corrected chi connectivity index (χ4v) is 2.08. The molecule has 1 aliphatic carbocycles. The molecule has 1 aliphatic rings. The first-order valence-electron chi connectivity index (χ1n) is 6.55. The Bertz CT molecular complexity index is 609. The Balaban J connectivity index is 1.77. The Morgan fingerprint density at radius 1 is 1.32 bits per heavy atom. The van der Waals surface area contributed by atoms with E-state index in [1.807, 2.05) is 44.3 Å². The summed E-state index contributed by atoms with van der Waals surface area (Å²) in [5, 5.41) is 7.35. The topological polar surface area (TPSA) is 46.9 Å². The van der Waals surface area contributed by atoms with Crippen molar-refractivity contribution < 1.29 is 4.79 Å². The predicted octanol–water partition coefficient (Wildman–Crippen LogP) is 2.86. The molecule has 1 heterocycles. The van der Waals surface area contributed by atoms with Crippen LogP contribution in [0.15, 0.2) is 30.3 Å². The molecule has 0 aliphatic heterocycles. The van der Waals surface area contributed by atoms with Crippen LogP contribution in [-0.4, -0.2) is 15.7 Å². The summed E-state index contributed by atoms with van der Waals surface area (Å²) in [6, 6.07) is 9.52. The molecular weight excluding hydrogens is 238 g/mol. The lowest BCUT2D eigenvalue weighted by molar-refractivity contribution is 0.102. The molecule has 4 heteroatoms. The highest BCUT2D eigenvalue weighted by atomic mass is 16.1. The van der Waals surface area contributed by atoms with Gasteiger partial charge in [0.05, 0.1) is 5.69 Å². The highest BCUT2D eigenvalue weighted by Crippen LogP contribution is 2.39. The first-order valence-corrected chi connectivity index (χ1v) is 6.55. The van der Waals surface area contributed by atoms with Crippen LogP contribution in [0.3, 0.4) is 0 Å². The Labute approximate surface area is 112 Å². The van der Waals surface area contributed by atoms with Gasteiger partial charge in [-0.2, -0.15) is 5.10 Å². The van der Waals surface area contributed by atoms with Crippen LogP contribution in [-0.2, 0) is 7.05 Å². The van der Waals surface area contributed by atoms with Crippen molar-refractivity contribution in [2.45, 2.75) is 25.7 Å². The fraction of sp³-hybridized carbons (Fsp3) is 0.333. The lowest BCUT2D eigenvalue weighted by atomic mass is 10.1. The molecule has 0 unspecified atom stereocenters. The molecule has 3 rings (SSSR count). The number of anilines is 1. The van der Waals surface area contributed by atoms with E-state index in [0.717, 1.165) is 17.1 Å². The van der Waals surface area contributed by atoms with Crippen LogP contribution < -0.4 is 5.32 Å². The van der Waals surface area contributed by atoms with Crippen LogP contribution in [0, 0.1) is 6.92 Å². The van der Waals surface area contributed by atoms with Gasteiger partial charge in [0.2, 0.25) is 0 Å². The number of amides is 1. The second-order valence-corrected chi connectivity index (χ2v) is 5.17. The highest BCUT2D eigenvalue weighted by molar-refractivity contribution is 6.03. The van der Waals surface area contributed by atoms with Crippen molar-refractivity contribution in [2.24, 2.45) is 7.05 Å². The van der Waals surface area contributed by atoms with Crippen LogP contribution in [0.25, 0.3) is 0 Å². The lowest BCUT2D eigenvalue weighted by Gasteiger charge is -2.05. The van der Waals surface area contributed by atoms with Gasteiger partial charge in [-0.3, -0.25) is 9.48 Å². The number of hydrogen-bond donors (Lipinski definition) is 1. The van der Waals surface area contributed by atoms with Crippen LogP contribution >= 0.6 is 0 Å². The fourth-order valence-electron chi connectivity index (χ4n) is 2.08. The maximum Gasteiger partial charge on any atom is 0.256 e. The second-order valence-electron chi connectivity index (χ2n) is 5.17. The van der Waals surface area contributed by atoms with Crippen LogP contribution in [0.1, 0.15) is 40.4 Å². The molecule has 19 heavy (non-hydrogen) atoms. The van der Waals surface area contributed by atoms with E-state index in [4.69, 9.17) is 0 Å². The van der Waals surface area contributed by atoms with Crippen LogP contribution in [0.5, 0.6) is 0 Å². The number of benzene rings is 1. The van der Waals surface area contributed by atoms with Gasteiger partial charge in [0, 0.05) is 24.6 Å². The Hall–Kier alpha value is -2.10. The van der Waals surface area contributed by atoms with Gasteiger partial charge in [0.1, 0.15) is 5.82 Å². The summed E-state index contributed by atoms with van der Waals surface area (Å²) >= 11 is 0. The zero-order chi connectivity index (χ0) is 13.4. The number of hydrogen-bond acceptors (Lipinski definition) is 2. The van der Waals surface area contributed by atoms with Crippen molar-refractivity contribution in [3.8, 4) is 0 Å². The van der Waals surface area contributed by atoms with E-state index in [1.54, 1.807) is 4.68 Å². The minimum absolute atomic E-state index is 0.0923. The normalized spacial score (nSPS) is 14.4. The number of rotatable bonds is 3. The number of nitrogens with zero attached hydrogens (tertiary/aromatic N) is 2. The second kappa shape index (κ2) is 4.53. The number of aryl methyl sites for hydroxylation is 2. The first-order chi connectivity index (χ1) is 9.13. The standard InChI is InChI=1S/C15H17N3O/c1-10-3-5-12(6-4-10)15(19)16-14-9-13(11-7-8-11)17-18(14)2/h3-6,9,11H,7-8H2,1-2H3,(H,16,19). The predicted molar refractivity (Wildman–Crippen MR) is 74.3 cm³/mol. The van der Waals surface area contributed by atoms with Gasteiger partial charge in [0.25, 0.3) is 5.91 Å². The van der Waals surface area contributed by atoms with E-state index < -0.39 is 0 Å². The summed E-state index contributed by atoms with van der Waals surface area (Å²) in [4.78, 5) is 12.1. The molecule has 1 amide bonds. The minimum atomic E-state index is -0.0923. The van der Waals surface area contributed by atoms with Gasteiger partial charge in [-0.25, -0.2) is 0 Å². The Morgan fingerprint density at radius 2 is 2.00 bits per heavy atom.